The molecule has 3 N–H and O–H groups in total. The summed E-state index contributed by atoms with van der Waals surface area (Å²) in [6.07, 6.45) is 6.65. The van der Waals surface area contributed by atoms with E-state index in [0.29, 0.717) is 17.7 Å². The van der Waals surface area contributed by atoms with Crippen molar-refractivity contribution in [2.75, 3.05) is 4.72 Å². The first kappa shape index (κ1) is 36.7. The van der Waals surface area contributed by atoms with Crippen LogP contribution in [0, 0.1) is 0 Å². The summed E-state index contributed by atoms with van der Waals surface area (Å²) in [5.74, 6) is -0.893. The van der Waals surface area contributed by atoms with Crippen LogP contribution in [-0.4, -0.2) is 54.3 Å². The van der Waals surface area contributed by atoms with Gasteiger partial charge in [0.05, 0.1) is 42.4 Å². The van der Waals surface area contributed by atoms with Crippen molar-refractivity contribution in [2.24, 2.45) is 0 Å². The molecule has 6 rings (SSSR count). The lowest BCUT2D eigenvalue weighted by Crippen LogP contribution is -2.48. The monoisotopic (exact) mass is 777 g/mol. The third kappa shape index (κ3) is 10.3. The van der Waals surface area contributed by atoms with Crippen LogP contribution in [0.4, 0.5) is 5.82 Å². The lowest BCUT2D eigenvalue weighted by atomic mass is 9.92. The summed E-state index contributed by atoms with van der Waals surface area (Å²) < 4.78 is 43.4. The molecule has 1 aromatic heterocycles. The second kappa shape index (κ2) is 17.5. The molecule has 0 radical (unpaired) electrons. The summed E-state index contributed by atoms with van der Waals surface area (Å²) in [5.41, 5.74) is 2.17. The molecule has 2 fully saturated rings. The Morgan fingerprint density at radius 2 is 1.31 bits per heavy atom. The maximum atomic E-state index is 13.9. The summed E-state index contributed by atoms with van der Waals surface area (Å²) in [4.78, 5) is 27.5. The van der Waals surface area contributed by atoms with Crippen molar-refractivity contribution < 1.29 is 27.5 Å². The molecule has 4 atom stereocenters. The average Bonchev–Trinajstić information content (AvgIpc) is 3.52. The maximum Gasteiger partial charge on any atom is 0.269 e. The van der Waals surface area contributed by atoms with Gasteiger partial charge in [0.1, 0.15) is 12.2 Å². The molecule has 2 amide bonds. The second-order valence-corrected chi connectivity index (χ2v) is 15.7. The number of halogens is 1. The second-order valence-electron chi connectivity index (χ2n) is 13.1. The number of nitrogens with one attached hydrogen (secondary N) is 3. The Bertz CT molecular complexity index is 1870. The highest BCUT2D eigenvalue weighted by atomic mass is 79.9. The van der Waals surface area contributed by atoms with Gasteiger partial charge in [-0.2, -0.15) is 5.10 Å². The van der Waals surface area contributed by atoms with E-state index in [1.165, 1.54) is 22.9 Å². The fraction of sp³-hybridized carbons (Fsp3) is 0.395. The number of nitrogens with zero attached hydrogens (tertiary/aromatic N) is 2. The minimum atomic E-state index is -4.05. The molecule has 2 unspecified atom stereocenters. The molecule has 2 saturated carbocycles. The van der Waals surface area contributed by atoms with Gasteiger partial charge in [0.2, 0.25) is 5.91 Å². The van der Waals surface area contributed by atoms with E-state index in [-0.39, 0.29) is 53.2 Å². The van der Waals surface area contributed by atoms with Crippen molar-refractivity contribution in [3.8, 4) is 0 Å². The largest absolute Gasteiger partial charge is 0.371 e. The first-order valence-corrected chi connectivity index (χ1v) is 19.8. The number of amides is 2. The van der Waals surface area contributed by atoms with Crippen molar-refractivity contribution in [3.63, 3.8) is 0 Å². The maximum absolute atomic E-state index is 13.9. The highest BCUT2D eigenvalue weighted by molar-refractivity contribution is 9.10. The number of hydrogen-bond donors (Lipinski definition) is 3. The number of sulfonamides is 1. The van der Waals surface area contributed by atoms with Gasteiger partial charge in [-0.1, -0.05) is 108 Å². The fourth-order valence-electron chi connectivity index (χ4n) is 6.71. The third-order valence-electron chi connectivity index (χ3n) is 9.33. The van der Waals surface area contributed by atoms with Crippen LogP contribution >= 0.6 is 15.9 Å². The molecule has 0 spiro atoms. The minimum absolute atomic E-state index is 0.0228. The third-order valence-corrected chi connectivity index (χ3v) is 11.2. The number of anilines is 1. The normalized spacial score (nSPS) is 20.7. The molecule has 2 aliphatic rings. The van der Waals surface area contributed by atoms with Gasteiger partial charge in [0.15, 0.2) is 5.82 Å². The van der Waals surface area contributed by atoms with Gasteiger partial charge in [-0.05, 0) is 55.0 Å². The Morgan fingerprint density at radius 3 is 1.90 bits per heavy atom. The lowest BCUT2D eigenvalue weighted by molar-refractivity contribution is -0.124. The van der Waals surface area contributed by atoms with Crippen molar-refractivity contribution in [3.05, 3.63) is 112 Å². The Morgan fingerprint density at radius 1 is 0.745 bits per heavy atom. The Labute approximate surface area is 307 Å². The zero-order valence-electron chi connectivity index (χ0n) is 28.4. The van der Waals surface area contributed by atoms with E-state index in [1.54, 1.807) is 12.1 Å². The summed E-state index contributed by atoms with van der Waals surface area (Å²) in [6.45, 7) is 0.580. The first-order valence-electron chi connectivity index (χ1n) is 17.5. The molecular weight excluding hydrogens is 734 g/mol. The topological polar surface area (TPSA) is 141 Å². The number of carbonyl (C=O) groups is 2. The first-order chi connectivity index (χ1) is 24.7. The fourth-order valence-corrected chi connectivity index (χ4v) is 8.29. The molecule has 51 heavy (non-hydrogen) atoms. The van der Waals surface area contributed by atoms with E-state index in [4.69, 9.17) is 9.47 Å². The van der Waals surface area contributed by atoms with Gasteiger partial charge in [0.25, 0.3) is 15.9 Å². The Balaban J connectivity index is 1.18. The van der Waals surface area contributed by atoms with Gasteiger partial charge in [0, 0.05) is 10.5 Å². The van der Waals surface area contributed by atoms with Crippen LogP contribution < -0.4 is 15.4 Å². The van der Waals surface area contributed by atoms with E-state index in [2.05, 4.69) is 36.4 Å². The number of ether oxygens (including phenoxy) is 2. The highest BCUT2D eigenvalue weighted by Gasteiger charge is 2.31. The van der Waals surface area contributed by atoms with E-state index in [9.17, 15) is 18.0 Å². The van der Waals surface area contributed by atoms with E-state index in [1.807, 2.05) is 60.7 Å². The van der Waals surface area contributed by atoms with Crippen LogP contribution in [0.3, 0.4) is 0 Å². The Hall–Kier alpha value is -4.04. The van der Waals surface area contributed by atoms with Crippen LogP contribution in [0.15, 0.2) is 100 Å². The van der Waals surface area contributed by atoms with E-state index >= 15 is 0 Å². The summed E-state index contributed by atoms with van der Waals surface area (Å²) in [6, 6.07) is 27.0. The van der Waals surface area contributed by atoms with Crippen LogP contribution in [0.5, 0.6) is 0 Å². The molecule has 0 bridgehead atoms. The lowest BCUT2D eigenvalue weighted by Gasteiger charge is -2.32. The number of aromatic nitrogens is 2. The number of hydrogen-bond acceptors (Lipinski definition) is 7. The molecule has 3 aromatic carbocycles. The van der Waals surface area contributed by atoms with Crippen molar-refractivity contribution in [1.29, 1.82) is 0 Å². The van der Waals surface area contributed by atoms with Crippen LogP contribution in [0.1, 0.15) is 73.0 Å². The van der Waals surface area contributed by atoms with Gasteiger partial charge in [-0.3, -0.25) is 14.3 Å². The smallest absolute Gasteiger partial charge is 0.269 e. The van der Waals surface area contributed by atoms with Gasteiger partial charge >= 0.3 is 0 Å². The molecule has 270 valence electrons. The SMILES string of the molecule is O=C(Cn1nc(NS(=O)(=O)c2cccc(Br)c2)cc1C(=O)N[C@H]1CCCC[C@@H]1OCc1ccccc1)NC1CCCCC1OCc1ccccc1. The van der Waals surface area contributed by atoms with Gasteiger partial charge < -0.3 is 20.1 Å². The molecule has 0 aliphatic heterocycles. The quantitative estimate of drug-likeness (QED) is 0.136. The molecule has 1 heterocycles. The molecular formula is C38H44BrN5O6S. The molecule has 0 saturated heterocycles. The molecule has 13 heteroatoms. The van der Waals surface area contributed by atoms with Crippen molar-refractivity contribution in [2.45, 2.75) is 100 Å². The predicted molar refractivity (Wildman–Crippen MR) is 197 cm³/mol. The van der Waals surface area contributed by atoms with Gasteiger partial charge in [-0.15, -0.1) is 0 Å². The molecule has 4 aromatic rings. The van der Waals surface area contributed by atoms with E-state index in [0.717, 1.165) is 62.5 Å². The molecule has 2 aliphatic carbocycles. The number of rotatable bonds is 14. The highest BCUT2D eigenvalue weighted by Crippen LogP contribution is 2.25. The summed E-state index contributed by atoms with van der Waals surface area (Å²) >= 11 is 3.32. The average molecular weight is 779 g/mol. The number of benzene rings is 3. The van der Waals surface area contributed by atoms with Crippen molar-refractivity contribution >= 4 is 43.6 Å². The van der Waals surface area contributed by atoms with Gasteiger partial charge in [-0.25, -0.2) is 13.1 Å². The number of carbonyl (C=O) groups excluding carboxylic acids is 2. The Kier molecular flexibility index (Phi) is 12.6. The van der Waals surface area contributed by atoms with Crippen molar-refractivity contribution in [1.82, 2.24) is 20.4 Å². The van der Waals surface area contributed by atoms with Crippen LogP contribution in [-0.2, 0) is 44.1 Å². The van der Waals surface area contributed by atoms with Crippen LogP contribution in [0.2, 0.25) is 0 Å². The van der Waals surface area contributed by atoms with E-state index < -0.39 is 15.9 Å². The summed E-state index contributed by atoms with van der Waals surface area (Å²) in [7, 11) is -4.05. The predicted octanol–water partition coefficient (Wildman–Crippen LogP) is 6.35. The molecule has 11 nitrogen and oxygen atoms in total. The zero-order chi connectivity index (χ0) is 35.6. The standard InChI is InChI=1S/C38H44BrN5O6S/c39-29-16-11-17-30(22-29)51(47,48)43-36-23-33(38(46)41-32-19-8-10-21-35(32)50-26-28-14-5-2-6-15-28)44(42-36)24-37(45)40-31-18-7-9-20-34(31)49-25-27-12-3-1-4-13-27/h1-6,11-17,22-23,31-32,34-35H,7-10,18-21,24-26H2,(H,40,45)(H,41,46)(H,42,43)/t31?,32-,34?,35-/m0/s1. The minimum Gasteiger partial charge on any atom is -0.371 e. The van der Waals surface area contributed by atoms with Crippen LogP contribution in [0.25, 0.3) is 0 Å². The summed E-state index contributed by atoms with van der Waals surface area (Å²) in [5, 5.41) is 10.6. The zero-order valence-corrected chi connectivity index (χ0v) is 30.8.